The first-order valence-electron chi connectivity index (χ1n) is 4.06. The summed E-state index contributed by atoms with van der Waals surface area (Å²) < 4.78 is 36.2. The first-order valence-corrected chi connectivity index (χ1v) is 4.06. The van der Waals surface area contributed by atoms with Crippen LogP contribution in [0.1, 0.15) is 5.56 Å². The van der Waals surface area contributed by atoms with Gasteiger partial charge in [-0.15, -0.1) is 0 Å². The maximum atomic E-state index is 12.7. The molecule has 1 aromatic rings. The second kappa shape index (κ2) is 4.85. The van der Waals surface area contributed by atoms with Crippen LogP contribution in [-0.4, -0.2) is 18.1 Å². The smallest absolute Gasteiger partial charge is 0.250 e. The zero-order valence-corrected chi connectivity index (χ0v) is 7.30. The van der Waals surface area contributed by atoms with Gasteiger partial charge in [0.05, 0.1) is 6.54 Å². The van der Waals surface area contributed by atoms with Crippen molar-refractivity contribution in [1.82, 2.24) is 5.32 Å². The van der Waals surface area contributed by atoms with E-state index in [2.05, 4.69) is 5.32 Å². The van der Waals surface area contributed by atoms with Crippen LogP contribution >= 0.6 is 0 Å². The highest BCUT2D eigenvalue weighted by Gasteiger charge is 2.07. The molecule has 0 spiro atoms. The molecule has 1 rings (SSSR count). The Morgan fingerprint density at radius 3 is 2.71 bits per heavy atom. The standard InChI is InChI=1S/C9H10F3NO/c10-7-3-1-2-6(9(7)14)4-13-5-8(11)12/h1-3,8,13-14H,4-5H2. The number of hydrogen-bond acceptors (Lipinski definition) is 2. The Morgan fingerprint density at radius 2 is 2.07 bits per heavy atom. The first kappa shape index (κ1) is 10.8. The summed E-state index contributed by atoms with van der Waals surface area (Å²) in [4.78, 5) is 0. The molecule has 0 aliphatic heterocycles. The van der Waals surface area contributed by atoms with E-state index >= 15 is 0 Å². The molecule has 5 heteroatoms. The van der Waals surface area contributed by atoms with Gasteiger partial charge in [-0.25, -0.2) is 13.2 Å². The molecule has 0 radical (unpaired) electrons. The van der Waals surface area contributed by atoms with E-state index < -0.39 is 24.5 Å². The number of nitrogens with one attached hydrogen (secondary N) is 1. The van der Waals surface area contributed by atoms with E-state index in [1.165, 1.54) is 12.1 Å². The summed E-state index contributed by atoms with van der Waals surface area (Å²) in [7, 11) is 0. The number of phenolic OH excluding ortho intramolecular Hbond substituents is 1. The molecule has 0 bridgehead atoms. The molecule has 0 fully saturated rings. The molecule has 0 amide bonds. The fourth-order valence-electron chi connectivity index (χ4n) is 1.02. The quantitative estimate of drug-likeness (QED) is 0.786. The van der Waals surface area contributed by atoms with E-state index in [0.29, 0.717) is 0 Å². The summed E-state index contributed by atoms with van der Waals surface area (Å²) in [5, 5.41) is 11.6. The van der Waals surface area contributed by atoms with Crippen molar-refractivity contribution < 1.29 is 18.3 Å². The Kier molecular flexibility index (Phi) is 3.76. The predicted molar refractivity (Wildman–Crippen MR) is 45.8 cm³/mol. The second-order valence-electron chi connectivity index (χ2n) is 2.77. The zero-order chi connectivity index (χ0) is 10.6. The third-order valence-corrected chi connectivity index (χ3v) is 1.68. The molecule has 0 aromatic heterocycles. The van der Waals surface area contributed by atoms with Gasteiger partial charge in [-0.3, -0.25) is 0 Å². The van der Waals surface area contributed by atoms with Gasteiger partial charge in [-0.1, -0.05) is 12.1 Å². The van der Waals surface area contributed by atoms with E-state index in [1.807, 2.05) is 0 Å². The number of rotatable bonds is 4. The third kappa shape index (κ3) is 2.92. The minimum atomic E-state index is -2.45. The Balaban J connectivity index is 2.54. The number of benzene rings is 1. The number of para-hydroxylation sites is 1. The van der Waals surface area contributed by atoms with Gasteiger partial charge in [0.15, 0.2) is 11.6 Å². The van der Waals surface area contributed by atoms with Gasteiger partial charge < -0.3 is 10.4 Å². The van der Waals surface area contributed by atoms with Crippen molar-refractivity contribution in [1.29, 1.82) is 0 Å². The molecule has 78 valence electrons. The Bertz CT molecular complexity index is 304. The van der Waals surface area contributed by atoms with E-state index in [9.17, 15) is 13.2 Å². The molecule has 2 nitrogen and oxygen atoms in total. The molecule has 0 heterocycles. The zero-order valence-electron chi connectivity index (χ0n) is 7.30. The summed E-state index contributed by atoms with van der Waals surface area (Å²) >= 11 is 0. The van der Waals surface area contributed by atoms with Crippen molar-refractivity contribution in [2.24, 2.45) is 0 Å². The Labute approximate surface area is 79.4 Å². The Morgan fingerprint density at radius 1 is 1.36 bits per heavy atom. The van der Waals surface area contributed by atoms with Crippen molar-refractivity contribution in [3.05, 3.63) is 29.6 Å². The molecule has 0 saturated heterocycles. The van der Waals surface area contributed by atoms with Crippen molar-refractivity contribution in [3.63, 3.8) is 0 Å². The molecule has 14 heavy (non-hydrogen) atoms. The molecule has 0 unspecified atom stereocenters. The molecule has 2 N–H and O–H groups in total. The highest BCUT2D eigenvalue weighted by Crippen LogP contribution is 2.20. The van der Waals surface area contributed by atoms with E-state index in [4.69, 9.17) is 5.11 Å². The maximum absolute atomic E-state index is 12.7. The molecule has 0 saturated carbocycles. The average molecular weight is 205 g/mol. The normalized spacial score (nSPS) is 10.9. The summed E-state index contributed by atoms with van der Waals surface area (Å²) in [5.74, 6) is -1.24. The average Bonchev–Trinajstić information content (AvgIpc) is 2.12. The largest absolute Gasteiger partial charge is 0.505 e. The van der Waals surface area contributed by atoms with Crippen LogP contribution in [0.2, 0.25) is 0 Å². The van der Waals surface area contributed by atoms with E-state index in [0.717, 1.165) is 6.07 Å². The van der Waals surface area contributed by atoms with Crippen LogP contribution in [0.5, 0.6) is 5.75 Å². The van der Waals surface area contributed by atoms with Gasteiger partial charge >= 0.3 is 0 Å². The summed E-state index contributed by atoms with van der Waals surface area (Å²) in [6, 6.07) is 3.98. The van der Waals surface area contributed by atoms with Gasteiger partial charge in [-0.05, 0) is 6.07 Å². The van der Waals surface area contributed by atoms with Crippen LogP contribution in [0.25, 0.3) is 0 Å². The lowest BCUT2D eigenvalue weighted by molar-refractivity contribution is 0.145. The molecular weight excluding hydrogens is 195 g/mol. The fraction of sp³-hybridized carbons (Fsp3) is 0.333. The van der Waals surface area contributed by atoms with Crippen LogP contribution in [-0.2, 0) is 6.54 Å². The minimum Gasteiger partial charge on any atom is -0.505 e. The van der Waals surface area contributed by atoms with Crippen molar-refractivity contribution in [3.8, 4) is 5.75 Å². The highest BCUT2D eigenvalue weighted by molar-refractivity contribution is 5.33. The maximum Gasteiger partial charge on any atom is 0.250 e. The monoisotopic (exact) mass is 205 g/mol. The third-order valence-electron chi connectivity index (χ3n) is 1.68. The number of hydrogen-bond donors (Lipinski definition) is 2. The number of phenols is 1. The van der Waals surface area contributed by atoms with Crippen LogP contribution in [0, 0.1) is 5.82 Å². The van der Waals surface area contributed by atoms with Crippen molar-refractivity contribution in [2.75, 3.05) is 6.54 Å². The molecule has 0 aliphatic carbocycles. The summed E-state index contributed by atoms with van der Waals surface area (Å²) in [5.41, 5.74) is 0.269. The number of aromatic hydroxyl groups is 1. The van der Waals surface area contributed by atoms with Crippen molar-refractivity contribution >= 4 is 0 Å². The number of alkyl halides is 2. The second-order valence-corrected chi connectivity index (χ2v) is 2.77. The molecular formula is C9H10F3NO. The predicted octanol–water partition coefficient (Wildman–Crippen LogP) is 1.89. The van der Waals surface area contributed by atoms with Crippen molar-refractivity contribution in [2.45, 2.75) is 13.0 Å². The van der Waals surface area contributed by atoms with Crippen LogP contribution in [0.4, 0.5) is 13.2 Å². The Hall–Kier alpha value is -1.23. The van der Waals surface area contributed by atoms with E-state index in [-0.39, 0.29) is 12.1 Å². The number of halogens is 3. The van der Waals surface area contributed by atoms with Gasteiger partial charge in [0, 0.05) is 12.1 Å². The van der Waals surface area contributed by atoms with Gasteiger partial charge in [0.2, 0.25) is 0 Å². The van der Waals surface area contributed by atoms with Crippen LogP contribution in [0.3, 0.4) is 0 Å². The SMILES string of the molecule is Oc1c(F)cccc1CNCC(F)F. The molecule has 0 atom stereocenters. The van der Waals surface area contributed by atoms with Gasteiger partial charge in [0.25, 0.3) is 6.43 Å². The van der Waals surface area contributed by atoms with Gasteiger partial charge in [-0.2, -0.15) is 0 Å². The van der Waals surface area contributed by atoms with E-state index in [1.54, 1.807) is 0 Å². The highest BCUT2D eigenvalue weighted by atomic mass is 19.3. The lowest BCUT2D eigenvalue weighted by atomic mass is 10.2. The van der Waals surface area contributed by atoms with Crippen LogP contribution < -0.4 is 5.32 Å². The first-order chi connectivity index (χ1) is 6.61. The lowest BCUT2D eigenvalue weighted by Crippen LogP contribution is -2.20. The summed E-state index contributed by atoms with van der Waals surface area (Å²) in [6.07, 6.45) is -2.45. The fourth-order valence-corrected chi connectivity index (χ4v) is 1.02. The molecule has 0 aliphatic rings. The minimum absolute atomic E-state index is 0.0218. The topological polar surface area (TPSA) is 32.3 Å². The lowest BCUT2D eigenvalue weighted by Gasteiger charge is -2.06. The summed E-state index contributed by atoms with van der Waals surface area (Å²) in [6.45, 7) is -0.454. The van der Waals surface area contributed by atoms with Crippen LogP contribution in [0.15, 0.2) is 18.2 Å². The molecule has 1 aromatic carbocycles. The van der Waals surface area contributed by atoms with Gasteiger partial charge in [0.1, 0.15) is 0 Å².